The van der Waals surface area contributed by atoms with Gasteiger partial charge in [-0.2, -0.15) is 5.10 Å². The smallest absolute Gasteiger partial charge is 0.184 e. The summed E-state index contributed by atoms with van der Waals surface area (Å²) in [5, 5.41) is 4.25. The van der Waals surface area contributed by atoms with Gasteiger partial charge in [-0.05, 0) is 33.5 Å². The molecule has 0 saturated heterocycles. The molecule has 1 aromatic rings. The number of unbranched alkanes of at least 4 members (excludes halogenated alkanes) is 2. The number of likely N-dealkylation sites (N-methyl/N-ethyl adjacent to an activating group) is 1. The van der Waals surface area contributed by atoms with Gasteiger partial charge in [-0.15, -0.1) is 0 Å². The van der Waals surface area contributed by atoms with Crippen molar-refractivity contribution in [2.24, 2.45) is 5.73 Å². The first-order chi connectivity index (χ1) is 9.60. The van der Waals surface area contributed by atoms with E-state index in [0.717, 1.165) is 25.8 Å². The van der Waals surface area contributed by atoms with E-state index in [1.165, 1.54) is 0 Å². The number of aromatic nitrogens is 2. The summed E-state index contributed by atoms with van der Waals surface area (Å²) in [7, 11) is 5.56. The summed E-state index contributed by atoms with van der Waals surface area (Å²) in [6.45, 7) is 2.19. The van der Waals surface area contributed by atoms with Crippen LogP contribution in [0.4, 0.5) is 0 Å². The molecule has 1 rings (SSSR count). The second kappa shape index (κ2) is 8.71. The van der Waals surface area contributed by atoms with Crippen LogP contribution >= 0.6 is 0 Å². The summed E-state index contributed by atoms with van der Waals surface area (Å²) < 4.78 is 6.98. The van der Waals surface area contributed by atoms with Gasteiger partial charge < -0.3 is 15.4 Å². The number of ketones is 1. The van der Waals surface area contributed by atoms with Crippen LogP contribution in [0, 0.1) is 0 Å². The molecule has 0 aliphatic heterocycles. The average Bonchev–Trinajstić information content (AvgIpc) is 2.84. The minimum Gasteiger partial charge on any atom is -0.493 e. The largest absolute Gasteiger partial charge is 0.493 e. The van der Waals surface area contributed by atoms with Gasteiger partial charge in [-0.3, -0.25) is 9.48 Å². The molecular weight excluding hydrogens is 256 g/mol. The number of hydrogen-bond donors (Lipinski definition) is 1. The second-order valence-electron chi connectivity index (χ2n) is 5.11. The van der Waals surface area contributed by atoms with Crippen molar-refractivity contribution in [3.8, 4) is 5.75 Å². The van der Waals surface area contributed by atoms with Crippen molar-refractivity contribution < 1.29 is 9.53 Å². The first-order valence-electron chi connectivity index (χ1n) is 7.08. The van der Waals surface area contributed by atoms with E-state index in [2.05, 4.69) is 10.00 Å². The Hall–Kier alpha value is -1.40. The molecule has 0 saturated carbocycles. The highest BCUT2D eigenvalue weighted by atomic mass is 16.5. The average molecular weight is 282 g/mol. The number of rotatable bonds is 10. The fourth-order valence-electron chi connectivity index (χ4n) is 1.99. The van der Waals surface area contributed by atoms with E-state index in [1.807, 2.05) is 14.1 Å². The van der Waals surface area contributed by atoms with E-state index in [1.54, 1.807) is 18.0 Å². The third-order valence-corrected chi connectivity index (χ3v) is 3.16. The van der Waals surface area contributed by atoms with E-state index < -0.39 is 0 Å². The minimum atomic E-state index is 0.0927. The first kappa shape index (κ1) is 16.7. The highest BCUT2D eigenvalue weighted by Crippen LogP contribution is 2.20. The number of carbonyl (C=O) groups is 1. The molecule has 1 aromatic heterocycles. The Labute approximate surface area is 120 Å². The summed E-state index contributed by atoms with van der Waals surface area (Å²) >= 11 is 0. The van der Waals surface area contributed by atoms with E-state index in [0.29, 0.717) is 31.0 Å². The molecule has 0 radical (unpaired) electrons. The van der Waals surface area contributed by atoms with Crippen LogP contribution in [-0.4, -0.2) is 54.8 Å². The maximum absolute atomic E-state index is 12.3. The molecular formula is C14H26N4O2. The van der Waals surface area contributed by atoms with Crippen LogP contribution in [0.3, 0.4) is 0 Å². The lowest BCUT2D eigenvalue weighted by molar-refractivity contribution is 0.0964. The summed E-state index contributed by atoms with van der Waals surface area (Å²) in [4.78, 5) is 14.4. The molecule has 6 heteroatoms. The van der Waals surface area contributed by atoms with Crippen LogP contribution in [0.5, 0.6) is 5.75 Å². The van der Waals surface area contributed by atoms with Crippen LogP contribution in [0.15, 0.2) is 6.20 Å². The van der Waals surface area contributed by atoms with E-state index >= 15 is 0 Å². The Morgan fingerprint density at radius 3 is 2.75 bits per heavy atom. The zero-order valence-corrected chi connectivity index (χ0v) is 12.8. The molecule has 114 valence electrons. The Balaban J connectivity index is 2.69. The zero-order chi connectivity index (χ0) is 15.0. The van der Waals surface area contributed by atoms with Gasteiger partial charge in [0.2, 0.25) is 0 Å². The third-order valence-electron chi connectivity index (χ3n) is 3.16. The number of hydrogen-bond acceptors (Lipinski definition) is 5. The molecule has 0 aliphatic carbocycles. The number of methoxy groups -OCH3 is 1. The Morgan fingerprint density at radius 2 is 2.15 bits per heavy atom. The Morgan fingerprint density at radius 1 is 1.40 bits per heavy atom. The molecule has 0 aromatic carbocycles. The summed E-state index contributed by atoms with van der Waals surface area (Å²) in [6, 6.07) is 0. The number of carbonyl (C=O) groups excluding carboxylic acids is 1. The van der Waals surface area contributed by atoms with Gasteiger partial charge in [0.05, 0.1) is 19.9 Å². The van der Waals surface area contributed by atoms with Crippen molar-refractivity contribution in [3.63, 3.8) is 0 Å². The molecule has 0 unspecified atom stereocenters. The first-order valence-corrected chi connectivity index (χ1v) is 7.08. The third kappa shape index (κ3) is 4.94. The Kier molecular flexibility index (Phi) is 7.25. The number of nitrogens with zero attached hydrogens (tertiary/aromatic N) is 3. The minimum absolute atomic E-state index is 0.0927. The van der Waals surface area contributed by atoms with Crippen molar-refractivity contribution in [2.75, 3.05) is 34.3 Å². The van der Waals surface area contributed by atoms with E-state index in [-0.39, 0.29) is 5.78 Å². The predicted octanol–water partition coefficient (Wildman–Crippen LogP) is 1.16. The molecule has 0 bridgehead atoms. The second-order valence-corrected chi connectivity index (χ2v) is 5.11. The van der Waals surface area contributed by atoms with Crippen molar-refractivity contribution in [1.29, 1.82) is 0 Å². The highest BCUT2D eigenvalue weighted by Gasteiger charge is 2.18. The van der Waals surface area contributed by atoms with Gasteiger partial charge in [0.25, 0.3) is 0 Å². The highest BCUT2D eigenvalue weighted by molar-refractivity contribution is 5.96. The van der Waals surface area contributed by atoms with Crippen LogP contribution < -0.4 is 10.5 Å². The monoisotopic (exact) mass is 282 g/mol. The Bertz CT molecular complexity index is 415. The van der Waals surface area contributed by atoms with Gasteiger partial charge in [-0.25, -0.2) is 0 Å². The van der Waals surface area contributed by atoms with E-state index in [4.69, 9.17) is 10.5 Å². The lowest BCUT2D eigenvalue weighted by atomic mass is 10.1. The van der Waals surface area contributed by atoms with Gasteiger partial charge in [0, 0.05) is 13.0 Å². The van der Waals surface area contributed by atoms with Gasteiger partial charge in [-0.1, -0.05) is 6.42 Å². The molecule has 2 N–H and O–H groups in total. The maximum Gasteiger partial charge on any atom is 0.184 e. The fourth-order valence-corrected chi connectivity index (χ4v) is 1.99. The van der Waals surface area contributed by atoms with Crippen LogP contribution in [0.1, 0.15) is 36.2 Å². The van der Waals surface area contributed by atoms with Crippen molar-refractivity contribution in [2.45, 2.75) is 32.2 Å². The molecule has 0 fully saturated rings. The molecule has 0 amide bonds. The zero-order valence-electron chi connectivity index (χ0n) is 12.8. The maximum atomic E-state index is 12.3. The van der Waals surface area contributed by atoms with Gasteiger partial charge in [0.1, 0.15) is 5.69 Å². The standard InChI is InChI=1S/C14H26N4O2/c1-17(2)9-10-18-14(13(20-3)11-16-18)12(19)7-5-4-6-8-15/h11H,4-10,15H2,1-3H3. The topological polar surface area (TPSA) is 73.4 Å². The van der Waals surface area contributed by atoms with Gasteiger partial charge >= 0.3 is 0 Å². The number of ether oxygens (including phenoxy) is 1. The number of nitrogens with two attached hydrogens (primary N) is 1. The fraction of sp³-hybridized carbons (Fsp3) is 0.714. The van der Waals surface area contributed by atoms with E-state index in [9.17, 15) is 4.79 Å². The van der Waals surface area contributed by atoms with Crippen LogP contribution in [0.25, 0.3) is 0 Å². The normalized spacial score (nSPS) is 11.1. The molecule has 0 spiro atoms. The van der Waals surface area contributed by atoms with Crippen molar-refractivity contribution in [3.05, 3.63) is 11.9 Å². The molecule has 0 atom stereocenters. The lowest BCUT2D eigenvalue weighted by Crippen LogP contribution is -2.21. The summed E-state index contributed by atoms with van der Waals surface area (Å²) in [6.07, 6.45) is 4.94. The summed E-state index contributed by atoms with van der Waals surface area (Å²) in [5.41, 5.74) is 6.04. The van der Waals surface area contributed by atoms with Crippen molar-refractivity contribution in [1.82, 2.24) is 14.7 Å². The molecule has 0 aliphatic rings. The quantitative estimate of drug-likeness (QED) is 0.515. The van der Waals surface area contributed by atoms with Crippen LogP contribution in [0.2, 0.25) is 0 Å². The molecule has 6 nitrogen and oxygen atoms in total. The molecule has 20 heavy (non-hydrogen) atoms. The van der Waals surface area contributed by atoms with Gasteiger partial charge in [0.15, 0.2) is 11.5 Å². The number of Topliss-reactive ketones (excluding diaryl/α,β-unsaturated/α-hetero) is 1. The molecule has 1 heterocycles. The SMILES string of the molecule is COc1cnn(CCN(C)C)c1C(=O)CCCCCN. The lowest BCUT2D eigenvalue weighted by Gasteiger charge is -2.12. The summed E-state index contributed by atoms with van der Waals surface area (Å²) in [5.74, 6) is 0.655. The van der Waals surface area contributed by atoms with Crippen molar-refractivity contribution >= 4 is 5.78 Å². The predicted molar refractivity (Wildman–Crippen MR) is 79.2 cm³/mol. The van der Waals surface area contributed by atoms with Crippen LogP contribution in [-0.2, 0) is 6.54 Å².